The van der Waals surface area contributed by atoms with Gasteiger partial charge in [-0.25, -0.2) is 9.48 Å². The molecule has 2 heterocycles. The van der Waals surface area contributed by atoms with Gasteiger partial charge in [0.1, 0.15) is 34.7 Å². The van der Waals surface area contributed by atoms with Crippen molar-refractivity contribution in [1.82, 2.24) is 19.7 Å². The molecule has 0 bridgehead atoms. The minimum atomic E-state index is -0.413. The highest BCUT2D eigenvalue weighted by molar-refractivity contribution is 6.32. The number of rotatable bonds is 10. The number of allylic oxidation sites excluding steroid dienone is 3. The fourth-order valence-corrected chi connectivity index (χ4v) is 5.75. The van der Waals surface area contributed by atoms with Crippen LogP contribution < -0.4 is 25.7 Å². The molecule has 0 atom stereocenters. The third-order valence-electron chi connectivity index (χ3n) is 7.97. The van der Waals surface area contributed by atoms with Gasteiger partial charge in [0.25, 0.3) is 5.56 Å². The number of amides is 2. The summed E-state index contributed by atoms with van der Waals surface area (Å²) in [6.45, 7) is 8.59. The first-order valence-electron chi connectivity index (χ1n) is 15.5. The summed E-state index contributed by atoms with van der Waals surface area (Å²) in [7, 11) is 1.54. The number of halogens is 2. The summed E-state index contributed by atoms with van der Waals surface area (Å²) in [5.74, 6) is 1.50. The standard InChI is InChI=1S/C36H39Cl2N5O5/c1-22-15-30(33(38)34(45)42(22)20-23-13-14-29(47-5)28(37)16-23)48-21-25-10-7-6-9-24(25)19-39-35(46)40-32-18-31(36(2,3)4)41-43(32)26-11-8-12-27(44)17-26/h6-7,9-10,12-18,44H,8,11,19-21H2,1-5H3,(H2,39,40,46). The van der Waals surface area contributed by atoms with Crippen molar-refractivity contribution in [3.8, 4) is 11.5 Å². The molecule has 48 heavy (non-hydrogen) atoms. The topological polar surface area (TPSA) is 120 Å². The molecular formula is C36H39Cl2N5O5. The number of aryl methyl sites for hydroxylation is 1. The fraction of sp³-hybridized carbons (Fsp3) is 0.306. The van der Waals surface area contributed by atoms with E-state index >= 15 is 0 Å². The van der Waals surface area contributed by atoms with Crippen molar-refractivity contribution in [1.29, 1.82) is 0 Å². The molecule has 0 saturated heterocycles. The molecule has 2 aromatic carbocycles. The van der Waals surface area contributed by atoms with Crippen LogP contribution in [0.25, 0.3) is 5.70 Å². The molecular weight excluding hydrogens is 653 g/mol. The number of hydrogen-bond donors (Lipinski definition) is 3. The summed E-state index contributed by atoms with van der Waals surface area (Å²) in [6.07, 6.45) is 4.77. The van der Waals surface area contributed by atoms with E-state index < -0.39 is 6.03 Å². The molecule has 0 saturated carbocycles. The molecule has 4 aromatic rings. The lowest BCUT2D eigenvalue weighted by Gasteiger charge is -2.17. The van der Waals surface area contributed by atoms with Crippen LogP contribution in [0.3, 0.4) is 0 Å². The van der Waals surface area contributed by atoms with E-state index in [9.17, 15) is 14.7 Å². The SMILES string of the molecule is COc1ccc(Cn2c(C)cc(OCc3ccccc3CNC(=O)Nc3cc(C(C)(C)C)nn3C3=CC(O)=CCC3)c(Cl)c2=O)cc1Cl. The number of aliphatic hydroxyl groups is 1. The van der Waals surface area contributed by atoms with E-state index in [-0.39, 0.29) is 47.2 Å². The summed E-state index contributed by atoms with van der Waals surface area (Å²) in [4.78, 5) is 26.4. The van der Waals surface area contributed by atoms with Crippen LogP contribution >= 0.6 is 23.2 Å². The van der Waals surface area contributed by atoms with E-state index in [0.717, 1.165) is 28.1 Å². The second-order valence-corrected chi connectivity index (χ2v) is 13.4. The van der Waals surface area contributed by atoms with Crippen LogP contribution in [0.1, 0.15) is 61.7 Å². The quantitative estimate of drug-likeness (QED) is 0.155. The second kappa shape index (κ2) is 14.6. The third-order valence-corrected chi connectivity index (χ3v) is 8.62. The summed E-state index contributed by atoms with van der Waals surface area (Å²) in [5, 5.41) is 21.1. The van der Waals surface area contributed by atoms with Gasteiger partial charge in [-0.1, -0.05) is 74.3 Å². The molecule has 252 valence electrons. The average molecular weight is 693 g/mol. The highest BCUT2D eigenvalue weighted by Gasteiger charge is 2.23. The Balaban J connectivity index is 1.26. The fourth-order valence-electron chi connectivity index (χ4n) is 5.26. The Kier molecular flexibility index (Phi) is 10.6. The summed E-state index contributed by atoms with van der Waals surface area (Å²) in [6, 6.07) is 16.1. The molecule has 0 radical (unpaired) electrons. The van der Waals surface area contributed by atoms with Crippen molar-refractivity contribution < 1.29 is 19.4 Å². The van der Waals surface area contributed by atoms with E-state index in [1.54, 1.807) is 46.7 Å². The minimum absolute atomic E-state index is 0.0293. The molecule has 0 unspecified atom stereocenters. The monoisotopic (exact) mass is 691 g/mol. The number of hydrogen-bond acceptors (Lipinski definition) is 6. The molecule has 5 rings (SSSR count). The number of anilines is 1. The van der Waals surface area contributed by atoms with Crippen LogP contribution in [0.15, 0.2) is 77.3 Å². The van der Waals surface area contributed by atoms with Gasteiger partial charge < -0.3 is 24.5 Å². The van der Waals surface area contributed by atoms with E-state index in [0.29, 0.717) is 35.1 Å². The number of nitrogens with one attached hydrogen (secondary N) is 2. The predicted octanol–water partition coefficient (Wildman–Crippen LogP) is 7.99. The first-order valence-corrected chi connectivity index (χ1v) is 16.3. The largest absolute Gasteiger partial charge is 0.508 e. The zero-order valence-electron chi connectivity index (χ0n) is 27.6. The Bertz CT molecular complexity index is 1950. The summed E-state index contributed by atoms with van der Waals surface area (Å²) < 4.78 is 14.5. The van der Waals surface area contributed by atoms with Gasteiger partial charge in [-0.05, 0) is 54.7 Å². The van der Waals surface area contributed by atoms with Gasteiger partial charge in [-0.2, -0.15) is 5.10 Å². The molecule has 0 spiro atoms. The summed E-state index contributed by atoms with van der Waals surface area (Å²) in [5.41, 5.74) is 4.11. The molecule has 1 aliphatic rings. The number of urea groups is 1. The molecule has 3 N–H and O–H groups in total. The highest BCUT2D eigenvalue weighted by Crippen LogP contribution is 2.30. The van der Waals surface area contributed by atoms with Gasteiger partial charge in [0.15, 0.2) is 0 Å². The second-order valence-electron chi connectivity index (χ2n) is 12.6. The van der Waals surface area contributed by atoms with Crippen LogP contribution in [0.2, 0.25) is 10.0 Å². The molecule has 0 aliphatic heterocycles. The number of carbonyl (C=O) groups is 1. The normalized spacial score (nSPS) is 13.1. The van der Waals surface area contributed by atoms with Crippen LogP contribution in [0, 0.1) is 6.92 Å². The lowest BCUT2D eigenvalue weighted by atomic mass is 9.92. The molecule has 10 nitrogen and oxygen atoms in total. The molecule has 0 fully saturated rings. The van der Waals surface area contributed by atoms with Gasteiger partial charge >= 0.3 is 6.03 Å². The zero-order chi connectivity index (χ0) is 34.6. The maximum Gasteiger partial charge on any atom is 0.320 e. The summed E-state index contributed by atoms with van der Waals surface area (Å²) >= 11 is 12.8. The lowest BCUT2D eigenvalue weighted by Crippen LogP contribution is -2.29. The van der Waals surface area contributed by atoms with Gasteiger partial charge in [-0.15, -0.1) is 0 Å². The van der Waals surface area contributed by atoms with Gasteiger partial charge in [0.05, 0.1) is 24.4 Å². The van der Waals surface area contributed by atoms with Gasteiger partial charge in [0, 0.05) is 41.6 Å². The maximum absolute atomic E-state index is 13.2. The van der Waals surface area contributed by atoms with E-state index in [4.69, 9.17) is 37.8 Å². The lowest BCUT2D eigenvalue weighted by molar-refractivity contribution is 0.251. The van der Waals surface area contributed by atoms with E-state index in [2.05, 4.69) is 10.6 Å². The van der Waals surface area contributed by atoms with E-state index in [1.807, 2.05) is 64.1 Å². The Hall–Kier alpha value is -4.67. The zero-order valence-corrected chi connectivity index (χ0v) is 29.1. The van der Waals surface area contributed by atoms with Crippen LogP contribution in [0.5, 0.6) is 11.5 Å². The van der Waals surface area contributed by atoms with Crippen molar-refractivity contribution in [3.05, 3.63) is 121 Å². The van der Waals surface area contributed by atoms with Gasteiger partial charge in [-0.3, -0.25) is 10.1 Å². The number of pyridine rings is 1. The number of aliphatic hydroxyl groups excluding tert-OH is 1. The van der Waals surface area contributed by atoms with Crippen LogP contribution in [-0.4, -0.2) is 32.6 Å². The molecule has 2 amide bonds. The highest BCUT2D eigenvalue weighted by atomic mass is 35.5. The Morgan fingerprint density at radius 3 is 2.50 bits per heavy atom. The minimum Gasteiger partial charge on any atom is -0.508 e. The number of nitrogens with zero attached hydrogens (tertiary/aromatic N) is 3. The van der Waals surface area contributed by atoms with Crippen molar-refractivity contribution in [2.24, 2.45) is 0 Å². The van der Waals surface area contributed by atoms with Crippen molar-refractivity contribution in [3.63, 3.8) is 0 Å². The molecule has 2 aromatic heterocycles. The van der Waals surface area contributed by atoms with Gasteiger partial charge in [0.2, 0.25) is 0 Å². The Labute approximate surface area is 289 Å². The Morgan fingerprint density at radius 2 is 1.81 bits per heavy atom. The molecule has 1 aliphatic carbocycles. The first-order chi connectivity index (χ1) is 22.8. The number of carbonyl (C=O) groups excluding carboxylic acids is 1. The van der Waals surface area contributed by atoms with Crippen LogP contribution in [-0.2, 0) is 25.1 Å². The van der Waals surface area contributed by atoms with E-state index in [1.165, 1.54) is 0 Å². The number of benzene rings is 2. The van der Waals surface area contributed by atoms with Crippen molar-refractivity contribution >= 4 is 40.7 Å². The third kappa shape index (κ3) is 8.06. The van der Waals surface area contributed by atoms with Crippen LogP contribution in [0.4, 0.5) is 10.6 Å². The number of ether oxygens (including phenoxy) is 2. The molecule has 12 heteroatoms. The predicted molar refractivity (Wildman–Crippen MR) is 189 cm³/mol. The first kappa shape index (κ1) is 34.7. The van der Waals surface area contributed by atoms with Crippen molar-refractivity contribution in [2.45, 2.75) is 65.6 Å². The number of aromatic nitrogens is 3. The smallest absolute Gasteiger partial charge is 0.320 e. The van der Waals surface area contributed by atoms with Crippen molar-refractivity contribution in [2.75, 3.05) is 12.4 Å². The number of methoxy groups -OCH3 is 1. The Morgan fingerprint density at radius 1 is 1.06 bits per heavy atom. The average Bonchev–Trinajstić information content (AvgIpc) is 3.48. The maximum atomic E-state index is 13.2.